The quantitative estimate of drug-likeness (QED) is 0.415. The molecule has 1 nitrogen and oxygen atoms in total. The molecule has 3 aromatic rings. The molecule has 0 saturated heterocycles. The molecule has 1 unspecified atom stereocenters. The molecule has 0 radical (unpaired) electrons. The van der Waals surface area contributed by atoms with Crippen LogP contribution in [0.1, 0.15) is 55.7 Å². The fourth-order valence-electron chi connectivity index (χ4n) is 5.03. The molecule has 0 N–H and O–H groups in total. The molecular weight excluding hydrogens is 362 g/mol. The van der Waals surface area contributed by atoms with Gasteiger partial charge >= 0.3 is 0 Å². The van der Waals surface area contributed by atoms with E-state index < -0.39 is 0 Å². The first-order chi connectivity index (χ1) is 14.5. The van der Waals surface area contributed by atoms with Crippen LogP contribution in [0.4, 0.5) is 5.69 Å². The lowest BCUT2D eigenvalue weighted by atomic mass is 9.71. The Morgan fingerprint density at radius 2 is 1.67 bits per heavy atom. The van der Waals surface area contributed by atoms with Gasteiger partial charge < -0.3 is 4.90 Å². The summed E-state index contributed by atoms with van der Waals surface area (Å²) in [7, 11) is 4.18. The van der Waals surface area contributed by atoms with Gasteiger partial charge in [-0.2, -0.15) is 0 Å². The van der Waals surface area contributed by atoms with E-state index in [4.69, 9.17) is 0 Å². The van der Waals surface area contributed by atoms with E-state index in [9.17, 15) is 0 Å². The lowest BCUT2D eigenvalue weighted by molar-refractivity contribution is 0.335. The van der Waals surface area contributed by atoms with Crippen molar-refractivity contribution in [3.05, 3.63) is 89.5 Å². The van der Waals surface area contributed by atoms with Crippen molar-refractivity contribution in [3.8, 4) is 11.1 Å². The van der Waals surface area contributed by atoms with Crippen molar-refractivity contribution >= 4 is 5.69 Å². The zero-order chi connectivity index (χ0) is 21.1. The molecule has 0 aliphatic heterocycles. The van der Waals surface area contributed by atoms with Gasteiger partial charge in [0.25, 0.3) is 0 Å². The van der Waals surface area contributed by atoms with Crippen LogP contribution in [0.2, 0.25) is 0 Å². The van der Waals surface area contributed by atoms with Crippen molar-refractivity contribution in [2.75, 3.05) is 19.0 Å². The monoisotopic (exact) mass is 397 g/mol. The molecule has 1 heteroatoms. The second-order valence-corrected chi connectivity index (χ2v) is 9.37. The molecule has 0 saturated carbocycles. The molecule has 3 atom stereocenters. The average Bonchev–Trinajstić information content (AvgIpc) is 2.78. The van der Waals surface area contributed by atoms with Gasteiger partial charge in [-0.05, 0) is 71.0 Å². The highest BCUT2D eigenvalue weighted by atomic mass is 15.1. The van der Waals surface area contributed by atoms with Crippen molar-refractivity contribution in [3.63, 3.8) is 0 Å². The summed E-state index contributed by atoms with van der Waals surface area (Å²) in [5.41, 5.74) is 8.41. The molecule has 0 aromatic heterocycles. The van der Waals surface area contributed by atoms with Gasteiger partial charge in [0.05, 0.1) is 0 Å². The summed E-state index contributed by atoms with van der Waals surface area (Å²) in [6.07, 6.45) is 5.13. The highest BCUT2D eigenvalue weighted by Crippen LogP contribution is 2.42. The van der Waals surface area contributed by atoms with E-state index in [1.807, 2.05) is 0 Å². The molecule has 156 valence electrons. The van der Waals surface area contributed by atoms with Crippen LogP contribution in [0, 0.1) is 11.8 Å². The molecule has 3 aromatic carbocycles. The highest BCUT2D eigenvalue weighted by molar-refractivity contribution is 5.67. The summed E-state index contributed by atoms with van der Waals surface area (Å²) in [6.45, 7) is 4.73. The summed E-state index contributed by atoms with van der Waals surface area (Å²) in [6, 6.07) is 27.3. The van der Waals surface area contributed by atoms with Crippen LogP contribution in [-0.2, 0) is 6.42 Å². The Kier molecular flexibility index (Phi) is 6.27. The molecule has 0 amide bonds. The summed E-state index contributed by atoms with van der Waals surface area (Å²) in [4.78, 5) is 2.15. The average molecular weight is 398 g/mol. The van der Waals surface area contributed by atoms with Crippen LogP contribution >= 0.6 is 0 Å². The Morgan fingerprint density at radius 1 is 0.900 bits per heavy atom. The Labute approximate surface area is 182 Å². The van der Waals surface area contributed by atoms with Gasteiger partial charge in [-0.1, -0.05) is 80.9 Å². The van der Waals surface area contributed by atoms with Gasteiger partial charge in [0, 0.05) is 25.7 Å². The van der Waals surface area contributed by atoms with Crippen LogP contribution in [-0.4, -0.2) is 14.1 Å². The standard InChI is InChI=1S/C29H35N/c1-5-21(2)17-22-18-25-9-6-7-12-28(25)29(19-22)26-11-8-10-24(20-26)23-13-15-27(16-14-23)30(3)4/h6-16,20-22,29H,5,17-19H2,1-4H3/t21?,22-,29+/m0/s1. The van der Waals surface area contributed by atoms with Crippen molar-refractivity contribution in [1.82, 2.24) is 0 Å². The van der Waals surface area contributed by atoms with Crippen LogP contribution in [0.3, 0.4) is 0 Å². The lowest BCUT2D eigenvalue weighted by Crippen LogP contribution is -2.21. The van der Waals surface area contributed by atoms with Gasteiger partial charge in [-0.15, -0.1) is 0 Å². The third-order valence-electron chi connectivity index (χ3n) is 6.95. The maximum Gasteiger partial charge on any atom is 0.0361 e. The molecule has 0 spiro atoms. The Balaban J connectivity index is 1.66. The summed E-state index contributed by atoms with van der Waals surface area (Å²) >= 11 is 0. The fourth-order valence-corrected chi connectivity index (χ4v) is 5.03. The van der Waals surface area contributed by atoms with Gasteiger partial charge in [0.15, 0.2) is 0 Å². The van der Waals surface area contributed by atoms with Gasteiger partial charge in [-0.3, -0.25) is 0 Å². The second-order valence-electron chi connectivity index (χ2n) is 9.37. The number of fused-ring (bicyclic) bond motifs is 1. The molecule has 1 aliphatic carbocycles. The molecule has 0 heterocycles. The number of rotatable bonds is 6. The first-order valence-electron chi connectivity index (χ1n) is 11.5. The van der Waals surface area contributed by atoms with E-state index in [-0.39, 0.29) is 0 Å². The topological polar surface area (TPSA) is 3.24 Å². The van der Waals surface area contributed by atoms with Crippen LogP contribution in [0.25, 0.3) is 11.1 Å². The molecule has 0 bridgehead atoms. The first-order valence-corrected chi connectivity index (χ1v) is 11.5. The normalized spacial score (nSPS) is 19.2. The summed E-state index contributed by atoms with van der Waals surface area (Å²) < 4.78 is 0. The van der Waals surface area contributed by atoms with Gasteiger partial charge in [-0.25, -0.2) is 0 Å². The predicted molar refractivity (Wildman–Crippen MR) is 130 cm³/mol. The minimum atomic E-state index is 0.505. The van der Waals surface area contributed by atoms with E-state index >= 15 is 0 Å². The third-order valence-corrected chi connectivity index (χ3v) is 6.95. The Hall–Kier alpha value is -2.54. The van der Waals surface area contributed by atoms with Crippen LogP contribution < -0.4 is 4.90 Å². The van der Waals surface area contributed by atoms with E-state index in [1.165, 1.54) is 53.6 Å². The van der Waals surface area contributed by atoms with E-state index in [1.54, 1.807) is 5.56 Å². The zero-order valence-electron chi connectivity index (χ0n) is 18.9. The maximum atomic E-state index is 2.43. The smallest absolute Gasteiger partial charge is 0.0361 e. The molecule has 30 heavy (non-hydrogen) atoms. The van der Waals surface area contributed by atoms with Crippen LogP contribution in [0.15, 0.2) is 72.8 Å². The summed E-state index contributed by atoms with van der Waals surface area (Å²) in [5, 5.41) is 0. The number of hydrogen-bond acceptors (Lipinski definition) is 1. The Morgan fingerprint density at radius 3 is 2.40 bits per heavy atom. The highest BCUT2D eigenvalue weighted by Gasteiger charge is 2.28. The van der Waals surface area contributed by atoms with Gasteiger partial charge in [0.1, 0.15) is 0 Å². The lowest BCUT2D eigenvalue weighted by Gasteiger charge is -2.33. The first kappa shape index (κ1) is 20.7. The van der Waals surface area contributed by atoms with E-state index in [0.717, 1.165) is 11.8 Å². The Bertz CT molecular complexity index is 970. The minimum absolute atomic E-state index is 0.505. The number of anilines is 1. The molecule has 0 fully saturated rings. The molecule has 4 rings (SSSR count). The number of nitrogens with zero attached hydrogens (tertiary/aromatic N) is 1. The minimum Gasteiger partial charge on any atom is -0.378 e. The van der Waals surface area contributed by atoms with Crippen LogP contribution in [0.5, 0.6) is 0 Å². The second kappa shape index (κ2) is 9.08. The molecular formula is C29H35N. The molecule has 1 aliphatic rings. The zero-order valence-corrected chi connectivity index (χ0v) is 18.9. The SMILES string of the molecule is CCC(C)C[C@H]1Cc2ccccc2[C@@H](c2cccc(-c3ccc(N(C)C)cc3)c2)C1. The van der Waals surface area contributed by atoms with Crippen molar-refractivity contribution in [2.45, 2.75) is 45.4 Å². The largest absolute Gasteiger partial charge is 0.378 e. The van der Waals surface area contributed by atoms with E-state index in [2.05, 4.69) is 106 Å². The maximum absolute atomic E-state index is 2.43. The predicted octanol–water partition coefficient (Wildman–Crippen LogP) is 7.55. The number of benzene rings is 3. The van der Waals surface area contributed by atoms with Crippen molar-refractivity contribution in [1.29, 1.82) is 0 Å². The van der Waals surface area contributed by atoms with E-state index in [0.29, 0.717) is 5.92 Å². The fraction of sp³-hybridized carbons (Fsp3) is 0.379. The third kappa shape index (κ3) is 4.46. The summed E-state index contributed by atoms with van der Waals surface area (Å²) in [5.74, 6) is 2.09. The van der Waals surface area contributed by atoms with Crippen molar-refractivity contribution in [2.24, 2.45) is 11.8 Å². The van der Waals surface area contributed by atoms with Crippen molar-refractivity contribution < 1.29 is 0 Å². The van der Waals surface area contributed by atoms with Gasteiger partial charge in [0.2, 0.25) is 0 Å². The number of hydrogen-bond donors (Lipinski definition) is 0.